The minimum atomic E-state index is -1.53. The van der Waals surface area contributed by atoms with Crippen molar-refractivity contribution in [2.45, 2.75) is 12.9 Å². The van der Waals surface area contributed by atoms with Crippen LogP contribution in [0, 0.1) is 0 Å². The van der Waals surface area contributed by atoms with Crippen molar-refractivity contribution in [3.63, 3.8) is 0 Å². The number of carbonyl (C=O) groups is 1. The molecule has 19 heavy (non-hydrogen) atoms. The van der Waals surface area contributed by atoms with E-state index in [9.17, 15) is 4.79 Å². The Morgan fingerprint density at radius 2 is 1.47 bits per heavy atom. The summed E-state index contributed by atoms with van der Waals surface area (Å²) >= 11 is 0. The molecule has 2 aromatic rings. The average Bonchev–Trinajstić information content (AvgIpc) is 2.78. The number of rotatable bonds is 2. The number of hydrogen-bond donors (Lipinski definition) is 0. The highest BCUT2D eigenvalue weighted by Gasteiger charge is 2.47. The molecule has 96 valence electrons. The highest BCUT2D eigenvalue weighted by atomic mass is 16.9. The molecule has 0 fully saturated rings. The first-order chi connectivity index (χ1) is 9.20. The maximum atomic E-state index is 11.3. The first-order valence-corrected chi connectivity index (χ1v) is 5.92. The normalized spacial score (nSPS) is 15.0. The van der Waals surface area contributed by atoms with Gasteiger partial charge in [0.2, 0.25) is 0 Å². The first kappa shape index (κ1) is 11.6. The van der Waals surface area contributed by atoms with Gasteiger partial charge in [0.05, 0.1) is 5.56 Å². The van der Waals surface area contributed by atoms with Crippen molar-refractivity contribution in [1.29, 1.82) is 0 Å². The van der Waals surface area contributed by atoms with E-state index in [1.165, 1.54) is 6.92 Å². The van der Waals surface area contributed by atoms with Gasteiger partial charge in [0.1, 0.15) is 0 Å². The van der Waals surface area contributed by atoms with Gasteiger partial charge >= 0.3 is 11.9 Å². The Kier molecular flexibility index (Phi) is 2.63. The van der Waals surface area contributed by atoms with Crippen LogP contribution in [-0.2, 0) is 15.5 Å². The van der Waals surface area contributed by atoms with Crippen LogP contribution in [0.25, 0.3) is 0 Å². The third kappa shape index (κ3) is 2.01. The lowest BCUT2D eigenvalue weighted by Crippen LogP contribution is -2.40. The second-order valence-corrected chi connectivity index (χ2v) is 4.17. The van der Waals surface area contributed by atoms with E-state index in [0.29, 0.717) is 17.1 Å². The summed E-state index contributed by atoms with van der Waals surface area (Å²) in [4.78, 5) is 11.3. The zero-order chi connectivity index (χ0) is 13.3. The molecule has 0 amide bonds. The van der Waals surface area contributed by atoms with Crippen LogP contribution in [-0.4, -0.2) is 5.97 Å². The van der Waals surface area contributed by atoms with Gasteiger partial charge in [-0.2, -0.15) is 0 Å². The predicted octanol–water partition coefficient (Wildman–Crippen LogP) is 2.83. The van der Waals surface area contributed by atoms with Gasteiger partial charge in [0.25, 0.3) is 0 Å². The number of carbonyl (C=O) groups excluding carboxylic acids is 1. The number of fused-ring (bicyclic) bond motifs is 1. The molecule has 4 heteroatoms. The standard InChI is InChI=1S/C15H12O4/c1-11(16)17-15(12-7-3-2-4-8-12)18-13-9-5-6-10-14(13)19-15/h2-10H,1H3. The van der Waals surface area contributed by atoms with Crippen molar-refractivity contribution in [3.8, 4) is 11.5 Å². The Morgan fingerprint density at radius 1 is 0.947 bits per heavy atom. The molecule has 0 spiro atoms. The Morgan fingerprint density at radius 3 is 2.00 bits per heavy atom. The monoisotopic (exact) mass is 256 g/mol. The SMILES string of the molecule is CC(=O)OC1(c2ccccc2)Oc2ccccc2O1. The third-order valence-electron chi connectivity index (χ3n) is 2.74. The molecule has 0 saturated heterocycles. The van der Waals surface area contributed by atoms with Crippen LogP contribution in [0.4, 0.5) is 0 Å². The van der Waals surface area contributed by atoms with Crippen molar-refractivity contribution in [2.24, 2.45) is 0 Å². The molecule has 0 aromatic heterocycles. The molecule has 2 aromatic carbocycles. The predicted molar refractivity (Wildman–Crippen MR) is 67.6 cm³/mol. The maximum Gasteiger partial charge on any atom is 0.449 e. The van der Waals surface area contributed by atoms with Gasteiger partial charge in [-0.3, -0.25) is 4.79 Å². The molecular formula is C15H12O4. The topological polar surface area (TPSA) is 44.8 Å². The molecule has 1 aliphatic heterocycles. The van der Waals surface area contributed by atoms with Crippen molar-refractivity contribution >= 4 is 5.97 Å². The van der Waals surface area contributed by atoms with E-state index in [0.717, 1.165) is 0 Å². The molecule has 0 atom stereocenters. The van der Waals surface area contributed by atoms with E-state index in [1.54, 1.807) is 24.3 Å². The van der Waals surface area contributed by atoms with E-state index < -0.39 is 11.9 Å². The van der Waals surface area contributed by atoms with Gasteiger partial charge in [0, 0.05) is 6.92 Å². The van der Waals surface area contributed by atoms with Gasteiger partial charge < -0.3 is 14.2 Å². The summed E-state index contributed by atoms with van der Waals surface area (Å²) < 4.78 is 16.7. The molecule has 0 bridgehead atoms. The molecule has 0 saturated carbocycles. The molecule has 0 radical (unpaired) electrons. The lowest BCUT2D eigenvalue weighted by atomic mass is 10.2. The second kappa shape index (κ2) is 4.31. The third-order valence-corrected chi connectivity index (χ3v) is 2.74. The van der Waals surface area contributed by atoms with Crippen molar-refractivity contribution in [2.75, 3.05) is 0 Å². The molecule has 0 N–H and O–H groups in total. The number of para-hydroxylation sites is 2. The zero-order valence-corrected chi connectivity index (χ0v) is 10.3. The van der Waals surface area contributed by atoms with Crippen LogP contribution in [0.15, 0.2) is 54.6 Å². The van der Waals surface area contributed by atoms with E-state index in [2.05, 4.69) is 0 Å². The van der Waals surface area contributed by atoms with Gasteiger partial charge in [-0.25, -0.2) is 0 Å². The smallest absolute Gasteiger partial charge is 0.413 e. The fraction of sp³-hybridized carbons (Fsp3) is 0.133. The summed E-state index contributed by atoms with van der Waals surface area (Å²) in [6, 6.07) is 16.3. The van der Waals surface area contributed by atoms with Crippen LogP contribution in [0.3, 0.4) is 0 Å². The molecule has 0 aliphatic carbocycles. The summed E-state index contributed by atoms with van der Waals surface area (Å²) in [5.41, 5.74) is 0.626. The van der Waals surface area contributed by atoms with E-state index in [-0.39, 0.29) is 0 Å². The Labute approximate surface area is 110 Å². The fourth-order valence-electron chi connectivity index (χ4n) is 1.98. The van der Waals surface area contributed by atoms with Crippen LogP contribution < -0.4 is 9.47 Å². The lowest BCUT2D eigenvalue weighted by molar-refractivity contribution is -0.276. The molecule has 3 rings (SSSR count). The highest BCUT2D eigenvalue weighted by Crippen LogP contribution is 2.44. The summed E-state index contributed by atoms with van der Waals surface area (Å²) in [6.45, 7) is 1.32. The number of esters is 1. The minimum Gasteiger partial charge on any atom is -0.413 e. The second-order valence-electron chi connectivity index (χ2n) is 4.17. The van der Waals surface area contributed by atoms with Crippen LogP contribution >= 0.6 is 0 Å². The minimum absolute atomic E-state index is 0.475. The number of ether oxygens (including phenoxy) is 3. The number of benzene rings is 2. The van der Waals surface area contributed by atoms with Crippen molar-refractivity contribution in [3.05, 3.63) is 60.2 Å². The van der Waals surface area contributed by atoms with E-state index in [1.807, 2.05) is 30.3 Å². The number of hydrogen-bond acceptors (Lipinski definition) is 4. The molecule has 1 heterocycles. The molecular weight excluding hydrogens is 244 g/mol. The summed E-state index contributed by atoms with van der Waals surface area (Å²) in [5, 5.41) is 0. The van der Waals surface area contributed by atoms with Crippen LogP contribution in [0.2, 0.25) is 0 Å². The van der Waals surface area contributed by atoms with Crippen molar-refractivity contribution in [1.82, 2.24) is 0 Å². The van der Waals surface area contributed by atoms with Gasteiger partial charge in [-0.15, -0.1) is 0 Å². The summed E-state index contributed by atoms with van der Waals surface area (Å²) in [6.07, 6.45) is 0. The van der Waals surface area contributed by atoms with E-state index >= 15 is 0 Å². The largest absolute Gasteiger partial charge is 0.449 e. The lowest BCUT2D eigenvalue weighted by Gasteiger charge is -2.26. The first-order valence-electron chi connectivity index (χ1n) is 5.92. The van der Waals surface area contributed by atoms with Gasteiger partial charge in [0.15, 0.2) is 11.5 Å². The zero-order valence-electron chi connectivity index (χ0n) is 10.3. The fourth-order valence-corrected chi connectivity index (χ4v) is 1.98. The van der Waals surface area contributed by atoms with Crippen molar-refractivity contribution < 1.29 is 19.0 Å². The Hall–Kier alpha value is -2.49. The quantitative estimate of drug-likeness (QED) is 0.775. The van der Waals surface area contributed by atoms with Gasteiger partial charge in [-0.1, -0.05) is 30.3 Å². The maximum absolute atomic E-state index is 11.3. The molecule has 0 unspecified atom stereocenters. The summed E-state index contributed by atoms with van der Waals surface area (Å²) in [7, 11) is 0. The van der Waals surface area contributed by atoms with E-state index in [4.69, 9.17) is 14.2 Å². The van der Waals surface area contributed by atoms with Crippen LogP contribution in [0.1, 0.15) is 12.5 Å². The Bertz CT molecular complexity index is 582. The molecule has 4 nitrogen and oxygen atoms in total. The highest BCUT2D eigenvalue weighted by molar-refractivity contribution is 5.66. The Balaban J connectivity index is 2.04. The average molecular weight is 256 g/mol. The summed E-state index contributed by atoms with van der Waals surface area (Å²) in [5.74, 6) is -0.909. The van der Waals surface area contributed by atoms with Crippen LogP contribution in [0.5, 0.6) is 11.5 Å². The van der Waals surface area contributed by atoms with Gasteiger partial charge in [-0.05, 0) is 24.3 Å². The molecule has 1 aliphatic rings.